The lowest BCUT2D eigenvalue weighted by molar-refractivity contribution is 0.0690. The molecule has 2 amide bonds. The van der Waals surface area contributed by atoms with Gasteiger partial charge in [-0.15, -0.1) is 0 Å². The predicted molar refractivity (Wildman–Crippen MR) is 75.8 cm³/mol. The molecule has 0 spiro atoms. The van der Waals surface area contributed by atoms with Crippen LogP contribution in [0.4, 0.5) is 10.5 Å². The maximum Gasteiger partial charge on any atom is 0.354 e. The van der Waals surface area contributed by atoms with Crippen molar-refractivity contribution in [1.82, 2.24) is 10.3 Å². The maximum atomic E-state index is 11.6. The number of urea groups is 1. The molecule has 19 heavy (non-hydrogen) atoms. The fourth-order valence-corrected chi connectivity index (χ4v) is 1.99. The zero-order valence-electron chi connectivity index (χ0n) is 10.8. The van der Waals surface area contributed by atoms with Crippen LogP contribution >= 0.6 is 11.8 Å². The lowest BCUT2D eigenvalue weighted by Crippen LogP contribution is -2.37. The molecule has 0 radical (unpaired) electrons. The number of carboxylic acid groups (broad SMARTS) is 1. The van der Waals surface area contributed by atoms with Gasteiger partial charge in [0.15, 0.2) is 0 Å². The van der Waals surface area contributed by atoms with E-state index in [9.17, 15) is 9.59 Å². The lowest BCUT2D eigenvalue weighted by Gasteiger charge is -2.13. The molecule has 1 rings (SSSR count). The van der Waals surface area contributed by atoms with E-state index in [4.69, 9.17) is 5.11 Å². The van der Waals surface area contributed by atoms with Gasteiger partial charge in [-0.3, -0.25) is 0 Å². The van der Waals surface area contributed by atoms with Crippen molar-refractivity contribution in [3.05, 3.63) is 24.0 Å². The molecule has 1 atom stereocenters. The Labute approximate surface area is 116 Å². The first-order chi connectivity index (χ1) is 9.02. The van der Waals surface area contributed by atoms with Gasteiger partial charge < -0.3 is 15.7 Å². The summed E-state index contributed by atoms with van der Waals surface area (Å²) in [6, 6.07) is 2.58. The molecule has 0 bridgehead atoms. The van der Waals surface area contributed by atoms with Crippen molar-refractivity contribution in [3.63, 3.8) is 0 Å². The highest BCUT2D eigenvalue weighted by atomic mass is 32.2. The topological polar surface area (TPSA) is 91.3 Å². The predicted octanol–water partition coefficient (Wildman–Crippen LogP) is 2.04. The third-order valence-electron chi connectivity index (χ3n) is 2.19. The lowest BCUT2D eigenvalue weighted by atomic mass is 10.3. The second-order valence-corrected chi connectivity index (χ2v) is 5.22. The highest BCUT2D eigenvalue weighted by Gasteiger charge is 2.08. The summed E-state index contributed by atoms with van der Waals surface area (Å²) in [4.78, 5) is 26.0. The van der Waals surface area contributed by atoms with Gasteiger partial charge in [0.25, 0.3) is 0 Å². The average Bonchev–Trinajstić information content (AvgIpc) is 2.36. The molecular weight excluding hydrogens is 266 g/mol. The fraction of sp³-hybridized carbons (Fsp3) is 0.417. The van der Waals surface area contributed by atoms with Crippen LogP contribution in [0.1, 0.15) is 24.3 Å². The monoisotopic (exact) mass is 283 g/mol. The van der Waals surface area contributed by atoms with Gasteiger partial charge in [0.2, 0.25) is 0 Å². The van der Waals surface area contributed by atoms with E-state index in [1.165, 1.54) is 18.3 Å². The van der Waals surface area contributed by atoms with E-state index in [0.717, 1.165) is 11.5 Å². The number of amides is 2. The summed E-state index contributed by atoms with van der Waals surface area (Å²) in [6.45, 7) is 3.99. The van der Waals surface area contributed by atoms with Gasteiger partial charge in [-0.2, -0.15) is 11.8 Å². The first-order valence-electron chi connectivity index (χ1n) is 5.87. The summed E-state index contributed by atoms with van der Waals surface area (Å²) in [6.07, 6.45) is 1.31. The minimum atomic E-state index is -1.10. The standard InChI is InChI=1S/C12H17N3O3S/c1-3-19-7-8(2)14-12(18)15-9-4-5-10(11(16)17)13-6-9/h4-6,8H,3,7H2,1-2H3,(H,16,17)(H2,14,15,18). The number of pyridine rings is 1. The molecule has 0 aliphatic heterocycles. The van der Waals surface area contributed by atoms with Crippen molar-refractivity contribution < 1.29 is 14.7 Å². The van der Waals surface area contributed by atoms with Gasteiger partial charge in [-0.05, 0) is 24.8 Å². The van der Waals surface area contributed by atoms with Crippen LogP contribution in [0.25, 0.3) is 0 Å². The number of nitrogens with one attached hydrogen (secondary N) is 2. The van der Waals surface area contributed by atoms with Crippen LogP contribution in [-0.2, 0) is 0 Å². The molecule has 1 aromatic rings. The van der Waals surface area contributed by atoms with Crippen LogP contribution in [0.15, 0.2) is 18.3 Å². The average molecular weight is 283 g/mol. The third-order valence-corrected chi connectivity index (χ3v) is 3.33. The highest BCUT2D eigenvalue weighted by Crippen LogP contribution is 2.06. The number of aromatic nitrogens is 1. The summed E-state index contributed by atoms with van der Waals surface area (Å²) in [7, 11) is 0. The molecule has 1 aromatic heterocycles. The second kappa shape index (κ2) is 7.63. The number of rotatable bonds is 6. The van der Waals surface area contributed by atoms with Crippen LogP contribution in [-0.4, -0.2) is 39.6 Å². The van der Waals surface area contributed by atoms with Crippen LogP contribution in [0.2, 0.25) is 0 Å². The zero-order chi connectivity index (χ0) is 14.3. The number of anilines is 1. The van der Waals surface area contributed by atoms with E-state index >= 15 is 0 Å². The van der Waals surface area contributed by atoms with Crippen LogP contribution in [0, 0.1) is 0 Å². The molecule has 7 heteroatoms. The van der Waals surface area contributed by atoms with Gasteiger partial charge in [0, 0.05) is 11.8 Å². The Balaban J connectivity index is 2.45. The Morgan fingerprint density at radius 1 is 1.47 bits per heavy atom. The molecule has 1 unspecified atom stereocenters. The minimum absolute atomic E-state index is 0.0568. The number of hydrogen-bond acceptors (Lipinski definition) is 4. The van der Waals surface area contributed by atoms with Crippen LogP contribution in [0.3, 0.4) is 0 Å². The molecule has 3 N–H and O–H groups in total. The van der Waals surface area contributed by atoms with Crippen molar-refractivity contribution >= 4 is 29.4 Å². The van der Waals surface area contributed by atoms with Gasteiger partial charge in [0.1, 0.15) is 5.69 Å². The normalized spacial score (nSPS) is 11.7. The molecular formula is C12H17N3O3S. The molecule has 0 fully saturated rings. The first-order valence-corrected chi connectivity index (χ1v) is 7.03. The molecule has 0 aliphatic carbocycles. The van der Waals surface area contributed by atoms with Gasteiger partial charge in [-0.25, -0.2) is 14.6 Å². The summed E-state index contributed by atoms with van der Waals surface area (Å²) in [5, 5.41) is 14.1. The third kappa shape index (κ3) is 5.60. The molecule has 0 saturated heterocycles. The first kappa shape index (κ1) is 15.3. The highest BCUT2D eigenvalue weighted by molar-refractivity contribution is 7.99. The number of carbonyl (C=O) groups excluding carboxylic acids is 1. The van der Waals surface area contributed by atoms with Crippen LogP contribution in [0.5, 0.6) is 0 Å². The molecule has 6 nitrogen and oxygen atoms in total. The number of carboxylic acids is 1. The van der Waals surface area contributed by atoms with E-state index in [0.29, 0.717) is 5.69 Å². The van der Waals surface area contributed by atoms with E-state index in [1.807, 2.05) is 6.92 Å². The van der Waals surface area contributed by atoms with E-state index in [1.54, 1.807) is 11.8 Å². The Bertz CT molecular complexity index is 436. The number of thioether (sulfide) groups is 1. The molecule has 1 heterocycles. The van der Waals surface area contributed by atoms with E-state index in [2.05, 4.69) is 22.5 Å². The molecule has 104 valence electrons. The molecule has 0 aromatic carbocycles. The van der Waals surface area contributed by atoms with Crippen molar-refractivity contribution in [3.8, 4) is 0 Å². The Morgan fingerprint density at radius 3 is 2.74 bits per heavy atom. The van der Waals surface area contributed by atoms with Gasteiger partial charge in [0.05, 0.1) is 11.9 Å². The van der Waals surface area contributed by atoms with Crippen molar-refractivity contribution in [2.75, 3.05) is 16.8 Å². The molecule has 0 saturated carbocycles. The number of nitrogens with zero attached hydrogens (tertiary/aromatic N) is 1. The van der Waals surface area contributed by atoms with Crippen molar-refractivity contribution in [1.29, 1.82) is 0 Å². The molecule has 0 aliphatic rings. The zero-order valence-corrected chi connectivity index (χ0v) is 11.7. The summed E-state index contributed by atoms with van der Waals surface area (Å²) in [5.74, 6) is 0.759. The largest absolute Gasteiger partial charge is 0.477 e. The minimum Gasteiger partial charge on any atom is -0.477 e. The Hall–Kier alpha value is -1.76. The summed E-state index contributed by atoms with van der Waals surface area (Å²) >= 11 is 1.75. The number of aromatic carboxylic acids is 1. The van der Waals surface area contributed by atoms with Crippen molar-refractivity contribution in [2.45, 2.75) is 19.9 Å². The summed E-state index contributed by atoms with van der Waals surface area (Å²) in [5.41, 5.74) is 0.400. The van der Waals surface area contributed by atoms with Gasteiger partial charge in [-0.1, -0.05) is 6.92 Å². The number of carbonyl (C=O) groups is 2. The quantitative estimate of drug-likeness (QED) is 0.743. The van der Waals surface area contributed by atoms with Crippen LogP contribution < -0.4 is 10.6 Å². The smallest absolute Gasteiger partial charge is 0.354 e. The SMILES string of the molecule is CCSCC(C)NC(=O)Nc1ccc(C(=O)O)nc1. The second-order valence-electron chi connectivity index (χ2n) is 3.90. The van der Waals surface area contributed by atoms with Gasteiger partial charge >= 0.3 is 12.0 Å². The van der Waals surface area contributed by atoms with E-state index < -0.39 is 5.97 Å². The Kier molecular flexibility index (Phi) is 6.14. The fourth-order valence-electron chi connectivity index (χ4n) is 1.32. The number of hydrogen-bond donors (Lipinski definition) is 3. The van der Waals surface area contributed by atoms with E-state index in [-0.39, 0.29) is 17.8 Å². The summed E-state index contributed by atoms with van der Waals surface area (Å²) < 4.78 is 0. The maximum absolute atomic E-state index is 11.6. The Morgan fingerprint density at radius 2 is 2.21 bits per heavy atom. The van der Waals surface area contributed by atoms with Crippen molar-refractivity contribution in [2.24, 2.45) is 0 Å².